The van der Waals surface area contributed by atoms with Gasteiger partial charge in [0, 0.05) is 10.6 Å². The first kappa shape index (κ1) is 15.1. The molecule has 1 aliphatic rings. The molecule has 1 aliphatic carbocycles. The monoisotopic (exact) mass is 299 g/mol. The van der Waals surface area contributed by atoms with Gasteiger partial charge in [-0.3, -0.25) is 0 Å². The summed E-state index contributed by atoms with van der Waals surface area (Å²) < 4.78 is 19.2. The van der Waals surface area contributed by atoms with Crippen LogP contribution in [0.2, 0.25) is 5.02 Å². The Kier molecular flexibility index (Phi) is 4.23. The molecular weight excluding hydrogens is 281 g/mol. The van der Waals surface area contributed by atoms with Crippen LogP contribution in [-0.2, 0) is 4.74 Å². The van der Waals surface area contributed by atoms with Crippen LogP contribution in [0.4, 0.5) is 9.18 Å². The van der Waals surface area contributed by atoms with E-state index in [1.807, 2.05) is 0 Å². The van der Waals surface area contributed by atoms with Crippen molar-refractivity contribution in [2.24, 2.45) is 5.92 Å². The Morgan fingerprint density at radius 2 is 2.10 bits per heavy atom. The molecule has 0 bridgehead atoms. The van der Waals surface area contributed by atoms with Gasteiger partial charge in [0.1, 0.15) is 11.4 Å². The van der Waals surface area contributed by atoms with Crippen LogP contribution in [0, 0.1) is 11.7 Å². The van der Waals surface area contributed by atoms with Gasteiger partial charge in [0.25, 0.3) is 0 Å². The van der Waals surface area contributed by atoms with Crippen molar-refractivity contribution in [3.63, 3.8) is 0 Å². The number of hydrogen-bond acceptors (Lipinski definition) is 2. The minimum atomic E-state index is -0.573. The van der Waals surface area contributed by atoms with Gasteiger partial charge in [-0.15, -0.1) is 0 Å². The first-order valence-electron chi connectivity index (χ1n) is 6.71. The average molecular weight is 300 g/mol. The molecule has 1 N–H and O–H groups in total. The summed E-state index contributed by atoms with van der Waals surface area (Å²) in [6, 6.07) is 4.16. The van der Waals surface area contributed by atoms with Gasteiger partial charge in [0.15, 0.2) is 0 Å². The molecule has 1 aromatic carbocycles. The molecule has 1 fully saturated rings. The minimum Gasteiger partial charge on any atom is -0.444 e. The number of rotatable bonds is 3. The van der Waals surface area contributed by atoms with Gasteiger partial charge in [-0.2, -0.15) is 0 Å². The van der Waals surface area contributed by atoms with Gasteiger partial charge in [-0.05, 0) is 51.7 Å². The second kappa shape index (κ2) is 5.60. The maximum atomic E-state index is 14.0. The summed E-state index contributed by atoms with van der Waals surface area (Å²) in [6.45, 7) is 5.38. The fraction of sp³-hybridized carbons (Fsp3) is 0.533. The Balaban J connectivity index is 2.13. The standard InChI is InChI=1S/C15H19ClFNO2/c1-15(2,3)20-14(19)18-13(9-4-5-9)11-7-6-10(16)8-12(11)17/h6-9,13H,4-5H2,1-3H3,(H,18,19)/t13-/m1/s1. The number of carbonyl (C=O) groups is 1. The number of carbonyl (C=O) groups excluding carboxylic acids is 1. The van der Waals surface area contributed by atoms with Crippen molar-refractivity contribution in [1.82, 2.24) is 5.32 Å². The Hall–Kier alpha value is -1.29. The van der Waals surface area contributed by atoms with E-state index in [9.17, 15) is 9.18 Å². The van der Waals surface area contributed by atoms with Crippen molar-refractivity contribution in [1.29, 1.82) is 0 Å². The molecule has 1 aromatic rings. The predicted octanol–water partition coefficient (Wildman–Crippen LogP) is 4.45. The molecule has 20 heavy (non-hydrogen) atoms. The Labute approximate surface area is 123 Å². The molecular formula is C15H19ClFNO2. The van der Waals surface area contributed by atoms with Gasteiger partial charge in [-0.1, -0.05) is 17.7 Å². The zero-order chi connectivity index (χ0) is 14.9. The number of nitrogens with one attached hydrogen (secondary N) is 1. The van der Waals surface area contributed by atoms with Gasteiger partial charge < -0.3 is 10.1 Å². The first-order chi connectivity index (χ1) is 9.26. The Morgan fingerprint density at radius 3 is 2.60 bits per heavy atom. The third kappa shape index (κ3) is 4.10. The number of amides is 1. The molecule has 110 valence electrons. The summed E-state index contributed by atoms with van der Waals surface area (Å²) in [7, 11) is 0. The summed E-state index contributed by atoms with van der Waals surface area (Å²) in [6.07, 6.45) is 1.43. The van der Waals surface area contributed by atoms with E-state index in [2.05, 4.69) is 5.32 Å². The molecule has 0 aliphatic heterocycles. The highest BCUT2D eigenvalue weighted by molar-refractivity contribution is 6.30. The van der Waals surface area contributed by atoms with Crippen molar-refractivity contribution < 1.29 is 13.9 Å². The first-order valence-corrected chi connectivity index (χ1v) is 7.08. The van der Waals surface area contributed by atoms with Crippen LogP contribution >= 0.6 is 11.6 Å². The van der Waals surface area contributed by atoms with Crippen molar-refractivity contribution >= 4 is 17.7 Å². The molecule has 1 amide bonds. The van der Waals surface area contributed by atoms with Crippen molar-refractivity contribution in [2.45, 2.75) is 45.3 Å². The molecule has 0 spiro atoms. The number of benzene rings is 1. The van der Waals surface area contributed by atoms with Crippen LogP contribution in [0.25, 0.3) is 0 Å². The lowest BCUT2D eigenvalue weighted by atomic mass is 10.0. The second-order valence-corrected chi connectivity index (χ2v) is 6.56. The van der Waals surface area contributed by atoms with Crippen molar-refractivity contribution in [3.05, 3.63) is 34.6 Å². The zero-order valence-corrected chi connectivity index (χ0v) is 12.6. The molecule has 0 saturated heterocycles. The zero-order valence-electron chi connectivity index (χ0n) is 11.9. The van der Waals surface area contributed by atoms with E-state index in [1.54, 1.807) is 32.9 Å². The van der Waals surface area contributed by atoms with Crippen LogP contribution in [0.5, 0.6) is 0 Å². The van der Waals surface area contributed by atoms with E-state index in [-0.39, 0.29) is 12.0 Å². The van der Waals surface area contributed by atoms with E-state index in [0.29, 0.717) is 10.6 Å². The van der Waals surface area contributed by atoms with E-state index in [1.165, 1.54) is 6.07 Å². The molecule has 0 radical (unpaired) electrons. The molecule has 0 aromatic heterocycles. The highest BCUT2D eigenvalue weighted by atomic mass is 35.5. The Morgan fingerprint density at radius 1 is 1.45 bits per heavy atom. The van der Waals surface area contributed by atoms with Crippen molar-refractivity contribution in [3.8, 4) is 0 Å². The fourth-order valence-electron chi connectivity index (χ4n) is 2.07. The smallest absolute Gasteiger partial charge is 0.408 e. The van der Waals surface area contributed by atoms with Gasteiger partial charge in [0.2, 0.25) is 0 Å². The third-order valence-corrected chi connectivity index (χ3v) is 3.30. The molecule has 5 heteroatoms. The summed E-state index contributed by atoms with van der Waals surface area (Å²) in [5.41, 5.74) is -0.112. The molecule has 1 atom stereocenters. The van der Waals surface area contributed by atoms with Crippen LogP contribution in [0.1, 0.15) is 45.2 Å². The number of alkyl carbamates (subject to hydrolysis) is 1. The lowest BCUT2D eigenvalue weighted by Crippen LogP contribution is -2.36. The molecule has 1 saturated carbocycles. The normalized spacial score (nSPS) is 16.6. The van der Waals surface area contributed by atoms with E-state index < -0.39 is 17.5 Å². The second-order valence-electron chi connectivity index (χ2n) is 6.13. The fourth-order valence-corrected chi connectivity index (χ4v) is 2.23. The van der Waals surface area contributed by atoms with Crippen molar-refractivity contribution in [2.75, 3.05) is 0 Å². The van der Waals surface area contributed by atoms with Crippen LogP contribution < -0.4 is 5.32 Å². The third-order valence-electron chi connectivity index (χ3n) is 3.06. The summed E-state index contributed by atoms with van der Waals surface area (Å²) >= 11 is 5.76. The van der Waals surface area contributed by atoms with Gasteiger partial charge in [-0.25, -0.2) is 9.18 Å². The van der Waals surface area contributed by atoms with E-state index in [4.69, 9.17) is 16.3 Å². The summed E-state index contributed by atoms with van der Waals surface area (Å²) in [5.74, 6) is -0.136. The number of hydrogen-bond donors (Lipinski definition) is 1. The molecule has 0 unspecified atom stereocenters. The summed E-state index contributed by atoms with van der Waals surface area (Å²) in [4.78, 5) is 11.9. The lowest BCUT2D eigenvalue weighted by molar-refractivity contribution is 0.0496. The quantitative estimate of drug-likeness (QED) is 0.895. The van der Waals surface area contributed by atoms with E-state index in [0.717, 1.165) is 12.8 Å². The molecule has 2 rings (SSSR count). The van der Waals surface area contributed by atoms with E-state index >= 15 is 0 Å². The number of ether oxygens (including phenoxy) is 1. The Bertz CT molecular complexity index is 509. The highest BCUT2D eigenvalue weighted by Crippen LogP contribution is 2.42. The maximum absolute atomic E-state index is 14.0. The SMILES string of the molecule is CC(C)(C)OC(=O)N[C@@H](c1ccc(Cl)cc1F)C1CC1. The predicted molar refractivity (Wildman–Crippen MR) is 76.2 cm³/mol. The maximum Gasteiger partial charge on any atom is 0.408 e. The van der Waals surface area contributed by atoms with Crippen LogP contribution in [0.15, 0.2) is 18.2 Å². The largest absolute Gasteiger partial charge is 0.444 e. The lowest BCUT2D eigenvalue weighted by Gasteiger charge is -2.24. The summed E-state index contributed by atoms with van der Waals surface area (Å²) in [5, 5.41) is 3.11. The van der Waals surface area contributed by atoms with Crippen LogP contribution in [0.3, 0.4) is 0 Å². The topological polar surface area (TPSA) is 38.3 Å². The minimum absolute atomic E-state index is 0.262. The van der Waals surface area contributed by atoms with Gasteiger partial charge >= 0.3 is 6.09 Å². The van der Waals surface area contributed by atoms with Crippen LogP contribution in [-0.4, -0.2) is 11.7 Å². The average Bonchev–Trinajstić information content (AvgIpc) is 3.07. The molecule has 3 nitrogen and oxygen atoms in total. The molecule has 0 heterocycles. The number of halogens is 2. The highest BCUT2D eigenvalue weighted by Gasteiger charge is 2.35. The van der Waals surface area contributed by atoms with Gasteiger partial charge in [0.05, 0.1) is 6.04 Å².